The molecule has 0 aromatic heterocycles. The maximum atomic E-state index is 13.7. The highest BCUT2D eigenvalue weighted by Crippen LogP contribution is 2.36. The van der Waals surface area contributed by atoms with Crippen LogP contribution in [0.25, 0.3) is 0 Å². The van der Waals surface area contributed by atoms with Crippen LogP contribution in [0.4, 0.5) is 5.69 Å². The summed E-state index contributed by atoms with van der Waals surface area (Å²) in [7, 11) is -3.95. The van der Waals surface area contributed by atoms with Gasteiger partial charge in [0.1, 0.15) is 11.8 Å². The monoisotopic (exact) mass is 456 g/mol. The quantitative estimate of drug-likeness (QED) is 0.594. The Morgan fingerprint density at radius 1 is 1.00 bits per heavy atom. The van der Waals surface area contributed by atoms with Gasteiger partial charge in [-0.1, -0.05) is 30.5 Å². The highest BCUT2D eigenvalue weighted by atomic mass is 32.2. The van der Waals surface area contributed by atoms with Gasteiger partial charge in [-0.3, -0.25) is 9.59 Å². The molecule has 1 aliphatic carbocycles. The molecule has 0 spiro atoms. The Morgan fingerprint density at radius 3 is 2.22 bits per heavy atom. The molecule has 0 N–H and O–H groups in total. The molecule has 0 radical (unpaired) electrons. The molecule has 2 amide bonds. The van der Waals surface area contributed by atoms with Gasteiger partial charge < -0.3 is 4.74 Å². The molecule has 7 nitrogen and oxygen atoms in total. The van der Waals surface area contributed by atoms with Gasteiger partial charge in [0.05, 0.1) is 23.6 Å². The van der Waals surface area contributed by atoms with E-state index in [0.717, 1.165) is 23.3 Å². The van der Waals surface area contributed by atoms with Crippen LogP contribution in [0.1, 0.15) is 44.6 Å². The number of anilines is 1. The van der Waals surface area contributed by atoms with Crippen molar-refractivity contribution in [3.05, 3.63) is 54.1 Å². The number of amides is 2. The number of rotatable bonds is 7. The summed E-state index contributed by atoms with van der Waals surface area (Å²) in [4.78, 5) is 27.6. The molecule has 1 atom stereocenters. The Bertz CT molecular complexity index is 1090. The van der Waals surface area contributed by atoms with Crippen LogP contribution in [-0.4, -0.2) is 43.2 Å². The highest BCUT2D eigenvalue weighted by Gasteiger charge is 2.49. The van der Waals surface area contributed by atoms with E-state index < -0.39 is 27.9 Å². The molecule has 2 aliphatic rings. The molecule has 1 unspecified atom stereocenters. The van der Waals surface area contributed by atoms with E-state index in [9.17, 15) is 18.0 Å². The molecule has 2 aromatic carbocycles. The normalized spacial score (nSPS) is 19.8. The largest absolute Gasteiger partial charge is 0.494 e. The smallest absolute Gasteiger partial charge is 0.252 e. The van der Waals surface area contributed by atoms with Crippen molar-refractivity contribution >= 4 is 27.5 Å². The van der Waals surface area contributed by atoms with Gasteiger partial charge in [-0.15, -0.1) is 0 Å². The van der Waals surface area contributed by atoms with E-state index in [-0.39, 0.29) is 17.4 Å². The number of carbonyl (C=O) groups excluding carboxylic acids is 2. The fourth-order valence-electron chi connectivity index (χ4n) is 4.55. The summed E-state index contributed by atoms with van der Waals surface area (Å²) in [5, 5.41) is 0. The zero-order valence-electron chi connectivity index (χ0n) is 18.4. The van der Waals surface area contributed by atoms with Gasteiger partial charge in [0.25, 0.3) is 5.91 Å². The third kappa shape index (κ3) is 4.17. The van der Waals surface area contributed by atoms with Crippen molar-refractivity contribution in [2.24, 2.45) is 0 Å². The number of hydrogen-bond acceptors (Lipinski definition) is 5. The van der Waals surface area contributed by atoms with E-state index in [1.54, 1.807) is 48.5 Å². The summed E-state index contributed by atoms with van der Waals surface area (Å²) in [6.07, 6.45) is 3.02. The molecular weight excluding hydrogens is 428 g/mol. The lowest BCUT2D eigenvalue weighted by atomic mass is 10.2. The van der Waals surface area contributed by atoms with E-state index in [1.807, 2.05) is 13.8 Å². The number of hydrogen-bond donors (Lipinski definition) is 0. The van der Waals surface area contributed by atoms with E-state index in [0.29, 0.717) is 30.9 Å². The van der Waals surface area contributed by atoms with Crippen LogP contribution in [0.3, 0.4) is 0 Å². The topological polar surface area (TPSA) is 84.0 Å². The Hall–Kier alpha value is -2.71. The van der Waals surface area contributed by atoms with Gasteiger partial charge in [-0.2, -0.15) is 4.31 Å². The van der Waals surface area contributed by atoms with Crippen LogP contribution in [0.15, 0.2) is 53.4 Å². The fourth-order valence-corrected chi connectivity index (χ4v) is 6.38. The summed E-state index contributed by atoms with van der Waals surface area (Å²) < 4.78 is 34.1. The Kier molecular flexibility index (Phi) is 6.35. The van der Waals surface area contributed by atoms with E-state index in [4.69, 9.17) is 4.74 Å². The molecule has 1 aliphatic heterocycles. The third-order valence-electron chi connectivity index (χ3n) is 6.12. The van der Waals surface area contributed by atoms with Crippen molar-refractivity contribution < 1.29 is 22.7 Å². The summed E-state index contributed by atoms with van der Waals surface area (Å²) in [5.74, 6) is -0.255. The Balaban J connectivity index is 1.68. The second-order valence-electron chi connectivity index (χ2n) is 8.30. The van der Waals surface area contributed by atoms with Crippen LogP contribution >= 0.6 is 0 Å². The summed E-state index contributed by atoms with van der Waals surface area (Å²) >= 11 is 0. The van der Waals surface area contributed by atoms with Crippen LogP contribution in [0, 0.1) is 6.92 Å². The predicted molar refractivity (Wildman–Crippen MR) is 121 cm³/mol. The lowest BCUT2D eigenvalue weighted by molar-refractivity contribution is -0.122. The summed E-state index contributed by atoms with van der Waals surface area (Å²) in [6, 6.07) is 12.0. The second kappa shape index (κ2) is 9.03. The minimum Gasteiger partial charge on any atom is -0.494 e. The standard InChI is InChI=1S/C24H28N2O5S/c1-3-31-20-12-10-18(11-13-20)25-23(27)16-22(24(25)28)26(19-6-4-5-7-19)32(29,30)21-14-8-17(2)9-15-21/h8-15,19,22H,3-7,16H2,1-2H3. The number of carbonyl (C=O) groups is 2. The van der Waals surface area contributed by atoms with E-state index >= 15 is 0 Å². The fraction of sp³-hybridized carbons (Fsp3) is 0.417. The highest BCUT2D eigenvalue weighted by molar-refractivity contribution is 7.89. The average Bonchev–Trinajstić information content (AvgIpc) is 3.38. The number of imide groups is 1. The first-order chi connectivity index (χ1) is 15.3. The molecule has 1 heterocycles. The number of ether oxygens (including phenoxy) is 1. The van der Waals surface area contributed by atoms with Gasteiger partial charge in [0.2, 0.25) is 15.9 Å². The first-order valence-corrected chi connectivity index (χ1v) is 12.5. The van der Waals surface area contributed by atoms with Crippen LogP contribution in [0.5, 0.6) is 5.75 Å². The van der Waals surface area contributed by atoms with Gasteiger partial charge >= 0.3 is 0 Å². The first kappa shape index (κ1) is 22.5. The SMILES string of the molecule is CCOc1ccc(N2C(=O)CC(N(C3CCCC3)S(=O)(=O)c3ccc(C)cc3)C2=O)cc1. The van der Waals surface area contributed by atoms with Crippen LogP contribution in [0.2, 0.25) is 0 Å². The molecule has 2 fully saturated rings. The zero-order chi connectivity index (χ0) is 22.9. The zero-order valence-corrected chi connectivity index (χ0v) is 19.2. The lowest BCUT2D eigenvalue weighted by Gasteiger charge is -2.32. The van der Waals surface area contributed by atoms with Gasteiger partial charge in [-0.25, -0.2) is 13.3 Å². The number of aryl methyl sites for hydroxylation is 1. The van der Waals surface area contributed by atoms with Crippen molar-refractivity contribution in [1.29, 1.82) is 0 Å². The van der Waals surface area contributed by atoms with Crippen molar-refractivity contribution in [2.45, 2.75) is 62.9 Å². The third-order valence-corrected chi connectivity index (χ3v) is 8.09. The average molecular weight is 457 g/mol. The predicted octanol–water partition coefficient (Wildman–Crippen LogP) is 3.66. The summed E-state index contributed by atoms with van der Waals surface area (Å²) in [6.45, 7) is 4.27. The number of sulfonamides is 1. The Labute approximate surface area is 189 Å². The minimum atomic E-state index is -3.95. The lowest BCUT2D eigenvalue weighted by Crippen LogP contribution is -2.49. The molecule has 0 bridgehead atoms. The molecule has 1 saturated heterocycles. The molecule has 4 rings (SSSR count). The van der Waals surface area contributed by atoms with Gasteiger partial charge in [-0.05, 0) is 63.1 Å². The number of nitrogens with zero attached hydrogens (tertiary/aromatic N) is 2. The molecule has 8 heteroatoms. The minimum absolute atomic E-state index is 0.148. The van der Waals surface area contributed by atoms with Gasteiger partial charge in [0.15, 0.2) is 0 Å². The van der Waals surface area contributed by atoms with Crippen LogP contribution < -0.4 is 9.64 Å². The summed E-state index contributed by atoms with van der Waals surface area (Å²) in [5.41, 5.74) is 1.37. The molecule has 1 saturated carbocycles. The van der Waals surface area contributed by atoms with Gasteiger partial charge in [0, 0.05) is 6.04 Å². The first-order valence-electron chi connectivity index (χ1n) is 11.0. The van der Waals surface area contributed by atoms with Crippen molar-refractivity contribution in [1.82, 2.24) is 4.31 Å². The van der Waals surface area contributed by atoms with E-state index in [1.165, 1.54) is 4.31 Å². The van der Waals surface area contributed by atoms with E-state index in [2.05, 4.69) is 0 Å². The van der Waals surface area contributed by atoms with Crippen molar-refractivity contribution in [3.8, 4) is 5.75 Å². The van der Waals surface area contributed by atoms with Crippen LogP contribution in [-0.2, 0) is 19.6 Å². The second-order valence-corrected chi connectivity index (χ2v) is 10.1. The maximum absolute atomic E-state index is 13.7. The maximum Gasteiger partial charge on any atom is 0.252 e. The molecule has 32 heavy (non-hydrogen) atoms. The van der Waals surface area contributed by atoms with Crippen molar-refractivity contribution in [3.63, 3.8) is 0 Å². The molecule has 2 aromatic rings. The Morgan fingerprint density at radius 2 is 1.62 bits per heavy atom. The van der Waals surface area contributed by atoms with Crippen molar-refractivity contribution in [2.75, 3.05) is 11.5 Å². The molecular formula is C24H28N2O5S. The number of benzene rings is 2. The molecule has 170 valence electrons.